The molecular formula is C24H19N2O4PS2. The van der Waals surface area contributed by atoms with Crippen LogP contribution in [0.5, 0.6) is 0 Å². The third kappa shape index (κ3) is 5.84. The zero-order valence-electron chi connectivity index (χ0n) is 17.2. The average Bonchev–Trinajstić information content (AvgIpc) is 3.28. The fourth-order valence-electron chi connectivity index (χ4n) is 3.12. The van der Waals surface area contributed by atoms with Crippen LogP contribution in [-0.4, -0.2) is 30.5 Å². The molecule has 6 nitrogen and oxygen atoms in total. The molecule has 0 aliphatic carbocycles. The van der Waals surface area contributed by atoms with Crippen molar-refractivity contribution < 1.29 is 18.3 Å². The number of pyridine rings is 1. The number of hydrogen-bond acceptors (Lipinski definition) is 5. The van der Waals surface area contributed by atoms with E-state index in [1.54, 1.807) is 12.3 Å². The Morgan fingerprint density at radius 2 is 1.85 bits per heavy atom. The number of aromatic nitrogens is 1. The van der Waals surface area contributed by atoms with Crippen molar-refractivity contribution in [1.82, 2.24) is 9.71 Å². The van der Waals surface area contributed by atoms with E-state index in [9.17, 15) is 18.3 Å². The van der Waals surface area contributed by atoms with Gasteiger partial charge in [-0.25, -0.2) is 8.42 Å². The number of carboxylic acid groups (broad SMARTS) is 1. The molecule has 2 N–H and O–H groups in total. The predicted molar refractivity (Wildman–Crippen MR) is 133 cm³/mol. The van der Waals surface area contributed by atoms with Crippen LogP contribution in [0.3, 0.4) is 0 Å². The molecule has 0 saturated carbocycles. The van der Waals surface area contributed by atoms with Gasteiger partial charge in [0.15, 0.2) is 0 Å². The molecule has 0 saturated heterocycles. The van der Waals surface area contributed by atoms with Crippen molar-refractivity contribution in [3.05, 3.63) is 88.9 Å². The summed E-state index contributed by atoms with van der Waals surface area (Å²) in [5.41, 5.74) is 2.22. The molecule has 0 spiro atoms. The molecule has 2 aromatic heterocycles. The number of fused-ring (bicyclic) bond motifs is 1. The summed E-state index contributed by atoms with van der Waals surface area (Å²) in [6, 6.07) is 18.6. The Hall–Kier alpha value is -3.08. The van der Waals surface area contributed by atoms with Crippen molar-refractivity contribution in [2.75, 3.05) is 0 Å². The maximum Gasteiger partial charge on any atom is 0.322 e. The summed E-state index contributed by atoms with van der Waals surface area (Å²) in [6.07, 6.45) is 1.53. The van der Waals surface area contributed by atoms with Gasteiger partial charge < -0.3 is 5.11 Å². The number of hydrogen-bond donors (Lipinski definition) is 2. The van der Waals surface area contributed by atoms with Gasteiger partial charge in [0.05, 0.1) is 10.4 Å². The lowest BCUT2D eigenvalue weighted by atomic mass is 10.1. The fraction of sp³-hybridized carbons (Fsp3) is 0.0833. The lowest BCUT2D eigenvalue weighted by Gasteiger charge is -2.14. The van der Waals surface area contributed by atoms with E-state index in [1.165, 1.54) is 6.07 Å². The van der Waals surface area contributed by atoms with Crippen LogP contribution in [-0.2, 0) is 21.2 Å². The average molecular weight is 495 g/mol. The van der Waals surface area contributed by atoms with Gasteiger partial charge in [0.25, 0.3) is 10.0 Å². The molecular weight excluding hydrogens is 475 g/mol. The normalized spacial score (nSPS) is 12.2. The van der Waals surface area contributed by atoms with E-state index in [-0.39, 0.29) is 10.6 Å². The van der Waals surface area contributed by atoms with Crippen molar-refractivity contribution in [3.63, 3.8) is 0 Å². The van der Waals surface area contributed by atoms with Crippen molar-refractivity contribution in [3.8, 4) is 11.8 Å². The van der Waals surface area contributed by atoms with Gasteiger partial charge in [-0.15, -0.1) is 20.6 Å². The first-order valence-corrected chi connectivity index (χ1v) is 12.7. The Bertz CT molecular complexity index is 1490. The number of nitrogens with zero attached hydrogens (tertiary/aromatic N) is 1. The lowest BCUT2D eigenvalue weighted by Crippen LogP contribution is -2.42. The van der Waals surface area contributed by atoms with Crippen LogP contribution in [0.4, 0.5) is 0 Å². The first kappa shape index (κ1) is 23.1. The summed E-state index contributed by atoms with van der Waals surface area (Å²) < 4.78 is 28.0. The number of benzene rings is 2. The van der Waals surface area contributed by atoms with Crippen molar-refractivity contribution in [1.29, 1.82) is 0 Å². The highest BCUT2D eigenvalue weighted by molar-refractivity contribution is 7.91. The van der Waals surface area contributed by atoms with Gasteiger partial charge in [-0.3, -0.25) is 9.78 Å². The summed E-state index contributed by atoms with van der Waals surface area (Å²) in [4.78, 5) is 16.7. The second kappa shape index (κ2) is 9.82. The van der Waals surface area contributed by atoms with Crippen molar-refractivity contribution >= 4 is 52.8 Å². The summed E-state index contributed by atoms with van der Waals surface area (Å²) in [6.45, 7) is 0. The van der Waals surface area contributed by atoms with Gasteiger partial charge in [-0.1, -0.05) is 42.2 Å². The van der Waals surface area contributed by atoms with Crippen LogP contribution < -0.4 is 10.0 Å². The Morgan fingerprint density at radius 3 is 2.61 bits per heavy atom. The summed E-state index contributed by atoms with van der Waals surface area (Å²) >= 11 is 0.991. The van der Waals surface area contributed by atoms with E-state index in [0.717, 1.165) is 33.1 Å². The second-order valence-electron chi connectivity index (χ2n) is 7.24. The Balaban J connectivity index is 1.51. The first-order chi connectivity index (χ1) is 15.8. The highest BCUT2D eigenvalue weighted by atomic mass is 32.2. The zero-order valence-corrected chi connectivity index (χ0v) is 20.0. The Kier molecular flexibility index (Phi) is 6.87. The molecule has 4 aromatic rings. The highest BCUT2D eigenvalue weighted by Crippen LogP contribution is 2.22. The molecule has 0 radical (unpaired) electrons. The highest BCUT2D eigenvalue weighted by Gasteiger charge is 2.27. The predicted octanol–water partition coefficient (Wildman–Crippen LogP) is 3.17. The third-order valence-corrected chi connectivity index (χ3v) is 8.12. The van der Waals surface area contributed by atoms with Crippen LogP contribution in [0.2, 0.25) is 0 Å². The molecule has 0 aliphatic heterocycles. The molecule has 0 amide bonds. The second-order valence-corrected chi connectivity index (χ2v) is 10.9. The number of para-hydroxylation sites is 1. The number of nitrogens with one attached hydrogen (secondary N) is 1. The largest absolute Gasteiger partial charge is 0.480 e. The molecule has 2 aromatic carbocycles. The minimum Gasteiger partial charge on any atom is -0.480 e. The molecule has 0 fully saturated rings. The smallest absolute Gasteiger partial charge is 0.322 e. The number of carboxylic acids is 1. The molecule has 166 valence electrons. The Morgan fingerprint density at radius 1 is 1.09 bits per heavy atom. The zero-order chi connectivity index (χ0) is 23.4. The van der Waals surface area contributed by atoms with Crippen LogP contribution in [0.1, 0.15) is 16.0 Å². The van der Waals surface area contributed by atoms with Crippen molar-refractivity contribution in [2.45, 2.75) is 16.7 Å². The minimum absolute atomic E-state index is 0.00925. The summed E-state index contributed by atoms with van der Waals surface area (Å²) in [5.74, 6) is 4.68. The van der Waals surface area contributed by atoms with E-state index in [1.807, 2.05) is 54.6 Å². The number of thiophene rings is 1. The van der Waals surface area contributed by atoms with Gasteiger partial charge in [0.1, 0.15) is 10.3 Å². The fourth-order valence-corrected chi connectivity index (χ4v) is 5.68. The molecule has 2 atom stereocenters. The minimum atomic E-state index is -4.04. The SMILES string of the molecule is O=C(O)[C@@H](Cc1cnc2ccccc2c1)NS(=O)(=O)c1ccc(C#Cc2ccc(P)cc2)s1. The Labute approximate surface area is 198 Å². The van der Waals surface area contributed by atoms with E-state index in [0.29, 0.717) is 10.4 Å². The molecule has 2 heterocycles. The molecule has 0 aliphatic rings. The maximum absolute atomic E-state index is 12.8. The number of carbonyl (C=O) groups is 1. The van der Waals surface area contributed by atoms with Crippen LogP contribution >= 0.6 is 20.6 Å². The van der Waals surface area contributed by atoms with Gasteiger partial charge in [0.2, 0.25) is 0 Å². The monoisotopic (exact) mass is 494 g/mol. The molecule has 0 bridgehead atoms. The van der Waals surface area contributed by atoms with Gasteiger partial charge in [-0.2, -0.15) is 4.72 Å². The van der Waals surface area contributed by atoms with Gasteiger partial charge >= 0.3 is 5.97 Å². The molecule has 33 heavy (non-hydrogen) atoms. The van der Waals surface area contributed by atoms with Crippen LogP contribution in [0.25, 0.3) is 10.9 Å². The van der Waals surface area contributed by atoms with Crippen LogP contribution in [0, 0.1) is 11.8 Å². The molecule has 9 heteroatoms. The van der Waals surface area contributed by atoms with Crippen LogP contribution in [0.15, 0.2) is 77.1 Å². The van der Waals surface area contributed by atoms with E-state index in [4.69, 9.17) is 0 Å². The van der Waals surface area contributed by atoms with E-state index < -0.39 is 22.0 Å². The topological polar surface area (TPSA) is 96.4 Å². The van der Waals surface area contributed by atoms with E-state index >= 15 is 0 Å². The van der Waals surface area contributed by atoms with Gasteiger partial charge in [-0.05, 0) is 47.3 Å². The number of rotatable bonds is 6. The van der Waals surface area contributed by atoms with Gasteiger partial charge in [0, 0.05) is 23.6 Å². The maximum atomic E-state index is 12.8. The first-order valence-electron chi connectivity index (χ1n) is 9.86. The van der Waals surface area contributed by atoms with E-state index in [2.05, 4.69) is 30.8 Å². The van der Waals surface area contributed by atoms with Crippen molar-refractivity contribution in [2.24, 2.45) is 0 Å². The molecule has 4 rings (SSSR count). The summed E-state index contributed by atoms with van der Waals surface area (Å²) in [5, 5.41) is 11.5. The standard InChI is InChI=1S/C24H19N2O4PS2/c27-24(28)22(14-17-13-18-3-1-2-4-21(18)25-15-17)26-33(29,30)23-12-11-20(32-23)10-7-16-5-8-19(31)9-6-16/h1-6,8-9,11-13,15,22,26H,14,31H2,(H,27,28)/t22-/m1/s1. The number of sulfonamides is 1. The number of aliphatic carboxylic acids is 1. The lowest BCUT2D eigenvalue weighted by molar-refractivity contribution is -0.138. The summed E-state index contributed by atoms with van der Waals surface area (Å²) in [7, 11) is -1.44. The third-order valence-electron chi connectivity index (χ3n) is 4.77. The molecule has 1 unspecified atom stereocenters. The quantitative estimate of drug-likeness (QED) is 0.317.